The van der Waals surface area contributed by atoms with Gasteiger partial charge in [0.05, 0.1) is 0 Å². The van der Waals surface area contributed by atoms with E-state index in [4.69, 9.17) is 9.26 Å². The Labute approximate surface area is 179 Å². The maximum absolute atomic E-state index is 7.15. The summed E-state index contributed by atoms with van der Waals surface area (Å²) in [5.41, 5.74) is 0. The number of para-hydroxylation sites is 1. The van der Waals surface area contributed by atoms with Crippen molar-refractivity contribution in [2.75, 3.05) is 13.7 Å². The molecule has 0 aliphatic carbocycles. The monoisotopic (exact) mass is 414 g/mol. The molecule has 4 rings (SSSR count). The minimum atomic E-state index is -3.57. The molecule has 0 saturated carbocycles. The second-order valence-electron chi connectivity index (χ2n) is 7.13. The summed E-state index contributed by atoms with van der Waals surface area (Å²) < 4.78 is 13.1. The molecule has 0 saturated heterocycles. The van der Waals surface area contributed by atoms with E-state index in [1.54, 1.807) is 7.11 Å². The Bertz CT molecular complexity index is 996. The van der Waals surface area contributed by atoms with Crippen molar-refractivity contribution in [2.45, 2.75) is 6.92 Å². The van der Waals surface area contributed by atoms with Crippen LogP contribution >= 0.6 is 6.83 Å². The van der Waals surface area contributed by atoms with Crippen molar-refractivity contribution in [3.05, 3.63) is 115 Å². The summed E-state index contributed by atoms with van der Waals surface area (Å²) in [4.78, 5) is 0. The summed E-state index contributed by atoms with van der Waals surface area (Å²) >= 11 is 0. The van der Waals surface area contributed by atoms with Crippen LogP contribution in [0.25, 0.3) is 0 Å². The van der Waals surface area contributed by atoms with E-state index >= 15 is 0 Å². The Balaban J connectivity index is 2.32. The van der Waals surface area contributed by atoms with E-state index < -0.39 is 6.83 Å². The number of rotatable bonds is 7. The van der Waals surface area contributed by atoms with E-state index in [1.165, 1.54) is 0 Å². The van der Waals surface area contributed by atoms with E-state index in [0.29, 0.717) is 6.61 Å². The van der Waals surface area contributed by atoms with Gasteiger partial charge in [-0.1, -0.05) is 0 Å². The van der Waals surface area contributed by atoms with Gasteiger partial charge in [0.1, 0.15) is 0 Å². The molecule has 152 valence electrons. The quantitative estimate of drug-likeness (QED) is 0.405. The Morgan fingerprint density at radius 1 is 0.567 bits per heavy atom. The van der Waals surface area contributed by atoms with Gasteiger partial charge in [-0.3, -0.25) is 0 Å². The molecule has 30 heavy (non-hydrogen) atoms. The van der Waals surface area contributed by atoms with Gasteiger partial charge in [-0.25, -0.2) is 0 Å². The van der Waals surface area contributed by atoms with Crippen molar-refractivity contribution >= 4 is 28.0 Å². The molecule has 0 aliphatic heterocycles. The van der Waals surface area contributed by atoms with Crippen molar-refractivity contribution < 1.29 is 9.26 Å². The van der Waals surface area contributed by atoms with Crippen LogP contribution in [0, 0.1) is 0 Å². The molecule has 0 unspecified atom stereocenters. The number of ether oxygens (including phenoxy) is 1. The zero-order chi connectivity index (χ0) is 20.9. The fraction of sp³-hybridized carbons (Fsp3) is 0.111. The van der Waals surface area contributed by atoms with Crippen LogP contribution in [-0.4, -0.2) is 13.7 Å². The van der Waals surface area contributed by atoms with E-state index in [-0.39, 0.29) is 0 Å². The third-order valence-corrected chi connectivity index (χ3v) is 11.6. The summed E-state index contributed by atoms with van der Waals surface area (Å²) in [6, 6.07) is 40.2. The summed E-state index contributed by atoms with van der Waals surface area (Å²) in [5.74, 6) is 0.833. The van der Waals surface area contributed by atoms with Crippen molar-refractivity contribution in [1.82, 2.24) is 0 Å². The van der Waals surface area contributed by atoms with Crippen molar-refractivity contribution in [3.8, 4) is 5.75 Å². The average Bonchev–Trinajstić information content (AvgIpc) is 2.84. The number of hydrogen-bond acceptors (Lipinski definition) is 2. The first kappa shape index (κ1) is 20.3. The maximum atomic E-state index is 7.15. The molecule has 0 N–H and O–H groups in total. The summed E-state index contributed by atoms with van der Waals surface area (Å²) in [6.07, 6.45) is 0. The van der Waals surface area contributed by atoms with Crippen LogP contribution in [0.15, 0.2) is 115 Å². The molecule has 0 heterocycles. The van der Waals surface area contributed by atoms with Crippen molar-refractivity contribution in [1.29, 1.82) is 0 Å². The summed E-state index contributed by atoms with van der Waals surface area (Å²) in [7, 11) is 1.73. The second kappa shape index (κ2) is 8.44. The van der Waals surface area contributed by atoms with Gasteiger partial charge in [0.15, 0.2) is 0 Å². The minimum absolute atomic E-state index is 0.564. The van der Waals surface area contributed by atoms with Gasteiger partial charge in [-0.2, -0.15) is 0 Å². The predicted molar refractivity (Wildman–Crippen MR) is 129 cm³/mol. The van der Waals surface area contributed by atoms with Crippen LogP contribution in [0.1, 0.15) is 6.92 Å². The molecular weight excluding hydrogens is 387 g/mol. The Hall–Kier alpha value is -2.93. The van der Waals surface area contributed by atoms with Gasteiger partial charge in [0.25, 0.3) is 0 Å². The predicted octanol–water partition coefficient (Wildman–Crippen LogP) is 4.80. The molecule has 2 nitrogen and oxygen atoms in total. The summed E-state index contributed by atoms with van der Waals surface area (Å²) in [6.45, 7) is -0.928. The second-order valence-corrected chi connectivity index (χ2v) is 11.5. The number of benzene rings is 4. The fourth-order valence-corrected chi connectivity index (χ4v) is 10.5. The standard InChI is InChI=1S/C27H27O2P/c1-3-29-30(23-15-7-4-8-16-23,24-17-9-5-10-18-24,25-19-11-6-12-20-25)27-22-14-13-21-26(27)28-2/h4-22H,3H2,1-2H3. The first-order valence-corrected chi connectivity index (χ1v) is 12.4. The molecule has 0 aromatic heterocycles. The number of methoxy groups -OCH3 is 1. The van der Waals surface area contributed by atoms with Gasteiger partial charge in [-0.05, 0) is 0 Å². The van der Waals surface area contributed by atoms with Crippen LogP contribution in [0.4, 0.5) is 0 Å². The van der Waals surface area contributed by atoms with Gasteiger partial charge in [0, 0.05) is 0 Å². The molecule has 0 bridgehead atoms. The molecule has 4 aromatic rings. The molecule has 0 amide bonds. The van der Waals surface area contributed by atoms with Crippen molar-refractivity contribution in [2.24, 2.45) is 0 Å². The summed E-state index contributed by atoms with van der Waals surface area (Å²) in [5, 5.41) is 4.56. The molecule has 0 atom stereocenters. The topological polar surface area (TPSA) is 18.5 Å². The average molecular weight is 414 g/mol. The Kier molecular flexibility index (Phi) is 5.72. The Morgan fingerprint density at radius 2 is 0.967 bits per heavy atom. The third kappa shape index (κ3) is 2.88. The van der Waals surface area contributed by atoms with Gasteiger partial charge in [0.2, 0.25) is 0 Å². The molecular formula is C27H27O2P. The van der Waals surface area contributed by atoms with E-state index in [9.17, 15) is 0 Å². The van der Waals surface area contributed by atoms with Crippen LogP contribution in [-0.2, 0) is 4.52 Å². The molecule has 4 aromatic carbocycles. The van der Waals surface area contributed by atoms with Crippen LogP contribution in [0.3, 0.4) is 0 Å². The van der Waals surface area contributed by atoms with Crippen LogP contribution in [0.2, 0.25) is 0 Å². The van der Waals surface area contributed by atoms with Crippen LogP contribution < -0.4 is 26.0 Å². The fourth-order valence-electron chi connectivity index (χ4n) is 4.54. The van der Waals surface area contributed by atoms with Crippen LogP contribution in [0.5, 0.6) is 5.75 Å². The van der Waals surface area contributed by atoms with Gasteiger partial charge >= 0.3 is 179 Å². The normalized spacial score (nSPS) is 12.7. The number of hydrogen-bond donors (Lipinski definition) is 0. The van der Waals surface area contributed by atoms with E-state index in [2.05, 4.69) is 110 Å². The van der Waals surface area contributed by atoms with E-state index in [1.807, 2.05) is 12.1 Å². The SMILES string of the molecule is CCOP(c1ccccc1)(c1ccccc1)(c1ccccc1)c1ccccc1OC. The van der Waals surface area contributed by atoms with E-state index in [0.717, 1.165) is 27.0 Å². The molecule has 0 radical (unpaired) electrons. The van der Waals surface area contributed by atoms with Gasteiger partial charge < -0.3 is 0 Å². The Morgan fingerprint density at radius 3 is 1.37 bits per heavy atom. The first-order valence-electron chi connectivity index (χ1n) is 10.2. The third-order valence-electron chi connectivity index (χ3n) is 5.68. The molecule has 0 fully saturated rings. The zero-order valence-corrected chi connectivity index (χ0v) is 18.3. The zero-order valence-electron chi connectivity index (χ0n) is 17.4. The molecule has 3 heteroatoms. The van der Waals surface area contributed by atoms with Crippen molar-refractivity contribution in [3.63, 3.8) is 0 Å². The first-order chi connectivity index (χ1) is 14.8. The molecule has 0 spiro atoms. The molecule has 0 aliphatic rings. The van der Waals surface area contributed by atoms with Gasteiger partial charge in [-0.15, -0.1) is 0 Å².